The van der Waals surface area contributed by atoms with Crippen LogP contribution in [0.3, 0.4) is 0 Å². The van der Waals surface area contributed by atoms with E-state index in [4.69, 9.17) is 26.3 Å². The number of benzene rings is 3. The summed E-state index contributed by atoms with van der Waals surface area (Å²) in [5.74, 6) is 0. The Bertz CT molecular complexity index is 1170. The van der Waals surface area contributed by atoms with E-state index in [2.05, 4.69) is 25.4 Å². The van der Waals surface area contributed by atoms with Gasteiger partial charge in [0.15, 0.2) is 17.1 Å². The molecule has 0 heterocycles. The van der Waals surface area contributed by atoms with Gasteiger partial charge in [-0.1, -0.05) is 66.6 Å². The molecule has 2 radical (unpaired) electrons. The molecule has 0 saturated heterocycles. The fraction of sp³-hybridized carbons (Fsp3) is 0.148. The molecule has 0 aliphatic rings. The Balaban J connectivity index is -0.000000393. The van der Waals surface area contributed by atoms with Gasteiger partial charge in [0.1, 0.15) is 6.57 Å². The van der Waals surface area contributed by atoms with Crippen LogP contribution >= 0.6 is 0 Å². The van der Waals surface area contributed by atoms with Gasteiger partial charge < -0.3 is 7.43 Å². The summed E-state index contributed by atoms with van der Waals surface area (Å²) in [6.07, 6.45) is 0. The van der Waals surface area contributed by atoms with E-state index in [1.54, 1.807) is 24.3 Å². The maximum Gasteiger partial charge on any atom is 0.207 e. The molecule has 0 bridgehead atoms. The Labute approximate surface area is 249 Å². The molecule has 4 nitrogen and oxygen atoms in total. The SMILES string of the molecule is [C-]#[N+]c1c[c-]c(C)cc1.[C-]#[N+]c1ccc(C)cc1C.[C-]#[N+]c1ccc(C)cc1[N+]#[C-].[CH3-].[Y].[Y]. The van der Waals surface area contributed by atoms with Crippen molar-refractivity contribution in [3.8, 4) is 0 Å². The molecule has 0 unspecified atom stereocenters. The molecule has 3 aromatic rings. The fourth-order valence-electron chi connectivity index (χ4n) is 2.31. The van der Waals surface area contributed by atoms with Crippen molar-refractivity contribution < 1.29 is 65.4 Å². The van der Waals surface area contributed by atoms with Crippen molar-refractivity contribution in [3.05, 3.63) is 136 Å². The normalized spacial score (nSPS) is 7.76. The first-order valence-electron chi connectivity index (χ1n) is 9.00. The third-order valence-electron chi connectivity index (χ3n) is 3.93. The van der Waals surface area contributed by atoms with Gasteiger partial charge in [0.25, 0.3) is 0 Å². The molecule has 3 aromatic carbocycles. The number of hydrogen-bond donors (Lipinski definition) is 0. The molecule has 0 N–H and O–H groups in total. The van der Waals surface area contributed by atoms with Gasteiger partial charge in [0.2, 0.25) is 5.69 Å². The molecule has 0 spiro atoms. The molecule has 0 aromatic heterocycles. The van der Waals surface area contributed by atoms with Crippen LogP contribution in [0.4, 0.5) is 22.7 Å². The van der Waals surface area contributed by atoms with E-state index in [0.29, 0.717) is 17.1 Å². The van der Waals surface area contributed by atoms with E-state index < -0.39 is 0 Å². The Morgan fingerprint density at radius 2 is 1.12 bits per heavy atom. The summed E-state index contributed by atoms with van der Waals surface area (Å²) < 4.78 is 0. The zero-order chi connectivity index (χ0) is 22.5. The van der Waals surface area contributed by atoms with Crippen LogP contribution in [0, 0.1) is 67.5 Å². The molecule has 160 valence electrons. The summed E-state index contributed by atoms with van der Waals surface area (Å²) in [6, 6.07) is 19.4. The second kappa shape index (κ2) is 19.3. The second-order valence-electron chi connectivity index (χ2n) is 6.46. The summed E-state index contributed by atoms with van der Waals surface area (Å²) in [7, 11) is 0. The molecule has 0 atom stereocenters. The summed E-state index contributed by atoms with van der Waals surface area (Å²) in [6.45, 7) is 34.7. The number of rotatable bonds is 0. The van der Waals surface area contributed by atoms with Gasteiger partial charge in [-0.05, 0) is 26.3 Å². The zero-order valence-electron chi connectivity index (χ0n) is 19.6. The Kier molecular flexibility index (Phi) is 20.7. The van der Waals surface area contributed by atoms with Crippen molar-refractivity contribution in [2.75, 3.05) is 0 Å². The minimum atomic E-state index is 0. The smallest absolute Gasteiger partial charge is 0.207 e. The molecule has 0 saturated carbocycles. The van der Waals surface area contributed by atoms with Gasteiger partial charge in [-0.25, -0.2) is 9.69 Å². The minimum Gasteiger partial charge on any atom is -0.358 e. The molecule has 33 heavy (non-hydrogen) atoms. The quantitative estimate of drug-likeness (QED) is 0.236. The fourth-order valence-corrected chi connectivity index (χ4v) is 2.31. The van der Waals surface area contributed by atoms with E-state index in [1.807, 2.05) is 58.0 Å². The molecule has 0 aliphatic carbocycles. The maximum atomic E-state index is 6.78. The number of hydrogen-bond acceptors (Lipinski definition) is 0. The van der Waals surface area contributed by atoms with E-state index in [-0.39, 0.29) is 72.8 Å². The Morgan fingerprint density at radius 3 is 1.55 bits per heavy atom. The van der Waals surface area contributed by atoms with Crippen LogP contribution in [-0.2, 0) is 65.4 Å². The van der Waals surface area contributed by atoms with Gasteiger partial charge in [0.05, 0.1) is 19.7 Å². The van der Waals surface area contributed by atoms with E-state index in [9.17, 15) is 0 Å². The van der Waals surface area contributed by atoms with Crippen LogP contribution in [0.5, 0.6) is 0 Å². The van der Waals surface area contributed by atoms with Crippen molar-refractivity contribution in [2.24, 2.45) is 0 Å². The average molecular weight is 582 g/mol. The Morgan fingerprint density at radius 1 is 0.606 bits per heavy atom. The van der Waals surface area contributed by atoms with E-state index >= 15 is 0 Å². The van der Waals surface area contributed by atoms with Crippen LogP contribution in [0.15, 0.2) is 54.6 Å². The van der Waals surface area contributed by atoms with E-state index in [0.717, 1.165) is 22.4 Å². The van der Waals surface area contributed by atoms with Gasteiger partial charge in [-0.3, -0.25) is 9.69 Å². The van der Waals surface area contributed by atoms with Gasteiger partial charge in [-0.2, -0.15) is 17.7 Å². The first-order valence-corrected chi connectivity index (χ1v) is 9.00. The van der Waals surface area contributed by atoms with Crippen LogP contribution in [0.1, 0.15) is 22.3 Å². The van der Waals surface area contributed by atoms with E-state index in [1.165, 1.54) is 5.56 Å². The summed E-state index contributed by atoms with van der Waals surface area (Å²) in [5, 5.41) is 0. The third kappa shape index (κ3) is 13.2. The molecule has 0 aliphatic heterocycles. The van der Waals surface area contributed by atoms with Gasteiger partial charge in [0, 0.05) is 65.4 Å². The number of nitrogens with zero attached hydrogens (tertiary/aromatic N) is 4. The van der Waals surface area contributed by atoms with Crippen LogP contribution in [0.2, 0.25) is 0 Å². The molecule has 0 fully saturated rings. The van der Waals surface area contributed by atoms with Crippen molar-refractivity contribution in [1.82, 2.24) is 0 Å². The molecule has 6 heteroatoms. The largest absolute Gasteiger partial charge is 0.358 e. The summed E-state index contributed by atoms with van der Waals surface area (Å²) >= 11 is 0. The topological polar surface area (TPSA) is 17.4 Å². The van der Waals surface area contributed by atoms with Gasteiger partial charge >= 0.3 is 0 Å². The predicted octanol–water partition coefficient (Wildman–Crippen LogP) is 8.74. The first kappa shape index (κ1) is 35.4. The average Bonchev–Trinajstić information content (AvgIpc) is 2.75. The molecular weight excluding hydrogens is 558 g/mol. The van der Waals surface area contributed by atoms with Gasteiger partial charge in [-0.15, -0.1) is 0 Å². The standard InChI is InChI=1S/C9H6N2.C9H9N.C8H6N.CH3.2Y/c1-7-4-5-8(10-2)9(6-7)11-3;1-7-4-5-9(10-3)8(2)6-7;1-7-3-5-8(9-2)6-4-7;;;/h4-6H,1H3;4-6H,1-2H3;3,5-6H,1H3;1H3;;/q;;2*-1;;. The zero-order valence-corrected chi connectivity index (χ0v) is 25.3. The molecule has 3 rings (SSSR count). The van der Waals surface area contributed by atoms with Crippen molar-refractivity contribution >= 4 is 22.7 Å². The van der Waals surface area contributed by atoms with Crippen molar-refractivity contribution in [2.45, 2.75) is 27.7 Å². The third-order valence-corrected chi connectivity index (χ3v) is 3.93. The van der Waals surface area contributed by atoms with Crippen LogP contribution in [-0.4, -0.2) is 0 Å². The predicted molar refractivity (Wildman–Crippen MR) is 129 cm³/mol. The molecular formula is C27H24N4Y2-2. The second-order valence-corrected chi connectivity index (χ2v) is 6.46. The van der Waals surface area contributed by atoms with Crippen LogP contribution in [0.25, 0.3) is 19.4 Å². The van der Waals surface area contributed by atoms with Crippen molar-refractivity contribution in [1.29, 1.82) is 0 Å². The monoisotopic (exact) mass is 582 g/mol. The Hall–Kier alpha value is -2.17. The minimum absolute atomic E-state index is 0. The first-order chi connectivity index (χ1) is 14.3. The van der Waals surface area contributed by atoms with Crippen LogP contribution < -0.4 is 0 Å². The van der Waals surface area contributed by atoms with Crippen molar-refractivity contribution in [3.63, 3.8) is 0 Å². The summed E-state index contributed by atoms with van der Waals surface area (Å²) in [5.41, 5.74) is 6.66. The maximum absolute atomic E-state index is 6.78. The molecule has 0 amide bonds. The number of aryl methyl sites for hydroxylation is 4. The summed E-state index contributed by atoms with van der Waals surface area (Å²) in [4.78, 5) is 13.0.